The lowest BCUT2D eigenvalue weighted by Crippen LogP contribution is -2.36. The maximum atomic E-state index is 12.5. The normalized spacial score (nSPS) is 15.4. The van der Waals surface area contributed by atoms with E-state index in [1.165, 1.54) is 0 Å². The SMILES string of the molecule is CCC(Oc1ccc(C)cc1)C(=O)Nc1ccc(N2CCOCC2)cc1. The molecule has 138 valence electrons. The Labute approximate surface area is 154 Å². The molecule has 5 heteroatoms. The van der Waals surface area contributed by atoms with E-state index in [-0.39, 0.29) is 5.91 Å². The fourth-order valence-electron chi connectivity index (χ4n) is 2.90. The van der Waals surface area contributed by atoms with E-state index in [0.29, 0.717) is 12.2 Å². The molecule has 2 aromatic rings. The third-order valence-electron chi connectivity index (χ3n) is 4.47. The Morgan fingerprint density at radius 2 is 1.77 bits per heavy atom. The predicted molar refractivity (Wildman–Crippen MR) is 104 cm³/mol. The Kier molecular flexibility index (Phi) is 6.12. The summed E-state index contributed by atoms with van der Waals surface area (Å²) < 4.78 is 11.2. The number of nitrogens with zero attached hydrogens (tertiary/aromatic N) is 1. The molecule has 1 heterocycles. The Hall–Kier alpha value is -2.53. The van der Waals surface area contributed by atoms with Crippen molar-refractivity contribution >= 4 is 17.3 Å². The molecule has 0 radical (unpaired) electrons. The number of nitrogens with one attached hydrogen (secondary N) is 1. The molecule has 2 aromatic carbocycles. The molecule has 0 spiro atoms. The van der Waals surface area contributed by atoms with Gasteiger partial charge >= 0.3 is 0 Å². The first kappa shape index (κ1) is 18.3. The number of rotatable bonds is 6. The summed E-state index contributed by atoms with van der Waals surface area (Å²) in [5.41, 5.74) is 3.09. The third-order valence-corrected chi connectivity index (χ3v) is 4.47. The minimum Gasteiger partial charge on any atom is -0.481 e. The number of benzene rings is 2. The third kappa shape index (κ3) is 4.76. The molecular weight excluding hydrogens is 328 g/mol. The minimum atomic E-state index is -0.517. The summed E-state index contributed by atoms with van der Waals surface area (Å²) in [5.74, 6) is 0.576. The van der Waals surface area contributed by atoms with Gasteiger partial charge in [0.1, 0.15) is 5.75 Å². The van der Waals surface area contributed by atoms with Crippen LogP contribution in [0.15, 0.2) is 48.5 Å². The number of hydrogen-bond donors (Lipinski definition) is 1. The second-order valence-electron chi connectivity index (χ2n) is 6.46. The van der Waals surface area contributed by atoms with Gasteiger partial charge in [-0.05, 0) is 49.7 Å². The highest BCUT2D eigenvalue weighted by molar-refractivity contribution is 5.94. The highest BCUT2D eigenvalue weighted by atomic mass is 16.5. The van der Waals surface area contributed by atoms with Gasteiger partial charge in [0.2, 0.25) is 0 Å². The largest absolute Gasteiger partial charge is 0.481 e. The molecule has 1 saturated heterocycles. The lowest BCUT2D eigenvalue weighted by atomic mass is 10.2. The molecule has 1 unspecified atom stereocenters. The molecule has 1 amide bonds. The molecule has 0 aliphatic carbocycles. The van der Waals surface area contributed by atoms with Crippen molar-refractivity contribution in [2.75, 3.05) is 36.5 Å². The zero-order chi connectivity index (χ0) is 18.4. The number of carbonyl (C=O) groups is 1. The zero-order valence-electron chi connectivity index (χ0n) is 15.4. The van der Waals surface area contributed by atoms with E-state index < -0.39 is 6.10 Å². The van der Waals surface area contributed by atoms with Gasteiger partial charge in [-0.25, -0.2) is 0 Å². The standard InChI is InChI=1S/C21H26N2O3/c1-3-20(26-19-10-4-16(2)5-11-19)21(24)22-17-6-8-18(9-7-17)23-12-14-25-15-13-23/h4-11,20H,3,12-15H2,1-2H3,(H,22,24). The van der Waals surface area contributed by atoms with Gasteiger partial charge in [0.15, 0.2) is 6.10 Å². The first-order chi connectivity index (χ1) is 12.7. The van der Waals surface area contributed by atoms with Crippen molar-refractivity contribution < 1.29 is 14.3 Å². The molecule has 1 aliphatic rings. The maximum Gasteiger partial charge on any atom is 0.265 e. The maximum absolute atomic E-state index is 12.5. The molecule has 3 rings (SSSR count). The van der Waals surface area contributed by atoms with Crippen LogP contribution in [0.5, 0.6) is 5.75 Å². The van der Waals surface area contributed by atoms with Crippen molar-refractivity contribution in [2.45, 2.75) is 26.4 Å². The molecule has 1 N–H and O–H groups in total. The van der Waals surface area contributed by atoms with E-state index in [9.17, 15) is 4.79 Å². The average molecular weight is 354 g/mol. The second-order valence-corrected chi connectivity index (χ2v) is 6.46. The van der Waals surface area contributed by atoms with Crippen molar-refractivity contribution in [2.24, 2.45) is 0 Å². The smallest absolute Gasteiger partial charge is 0.265 e. The van der Waals surface area contributed by atoms with Gasteiger partial charge in [-0.2, -0.15) is 0 Å². The van der Waals surface area contributed by atoms with Crippen molar-refractivity contribution in [1.82, 2.24) is 0 Å². The summed E-state index contributed by atoms with van der Waals surface area (Å²) in [4.78, 5) is 14.8. The lowest BCUT2D eigenvalue weighted by Gasteiger charge is -2.29. The summed E-state index contributed by atoms with van der Waals surface area (Å²) in [6.45, 7) is 7.27. The Morgan fingerprint density at radius 3 is 2.38 bits per heavy atom. The zero-order valence-corrected chi connectivity index (χ0v) is 15.4. The molecule has 1 aliphatic heterocycles. The summed E-state index contributed by atoms with van der Waals surface area (Å²) in [5, 5.41) is 2.95. The number of ether oxygens (including phenoxy) is 2. The van der Waals surface area contributed by atoms with E-state index in [0.717, 1.165) is 43.2 Å². The fraction of sp³-hybridized carbons (Fsp3) is 0.381. The minimum absolute atomic E-state index is 0.132. The molecule has 0 aromatic heterocycles. The number of morpholine rings is 1. The van der Waals surface area contributed by atoms with Gasteiger partial charge < -0.3 is 19.7 Å². The first-order valence-corrected chi connectivity index (χ1v) is 9.12. The van der Waals surface area contributed by atoms with E-state index in [2.05, 4.69) is 10.2 Å². The summed E-state index contributed by atoms with van der Waals surface area (Å²) >= 11 is 0. The van der Waals surface area contributed by atoms with E-state index in [4.69, 9.17) is 9.47 Å². The molecule has 5 nitrogen and oxygen atoms in total. The van der Waals surface area contributed by atoms with Gasteiger partial charge in [0.25, 0.3) is 5.91 Å². The summed E-state index contributed by atoms with van der Waals surface area (Å²) in [6.07, 6.45) is 0.0857. The lowest BCUT2D eigenvalue weighted by molar-refractivity contribution is -0.122. The molecular formula is C21H26N2O3. The molecule has 1 fully saturated rings. The van der Waals surface area contributed by atoms with Gasteiger partial charge in [-0.15, -0.1) is 0 Å². The Bertz CT molecular complexity index is 707. The van der Waals surface area contributed by atoms with Crippen molar-refractivity contribution in [3.63, 3.8) is 0 Å². The number of anilines is 2. The van der Waals surface area contributed by atoms with Crippen LogP contribution in [0.25, 0.3) is 0 Å². The van der Waals surface area contributed by atoms with Crippen molar-refractivity contribution in [3.05, 3.63) is 54.1 Å². The average Bonchev–Trinajstić information content (AvgIpc) is 2.68. The fourth-order valence-corrected chi connectivity index (χ4v) is 2.90. The van der Waals surface area contributed by atoms with Crippen LogP contribution in [0.4, 0.5) is 11.4 Å². The van der Waals surface area contributed by atoms with E-state index in [1.807, 2.05) is 62.4 Å². The van der Waals surface area contributed by atoms with Crippen LogP contribution in [0.2, 0.25) is 0 Å². The van der Waals surface area contributed by atoms with Gasteiger partial charge in [0, 0.05) is 24.5 Å². The number of aryl methyl sites for hydroxylation is 1. The number of carbonyl (C=O) groups excluding carboxylic acids is 1. The predicted octanol–water partition coefficient (Wildman–Crippen LogP) is 3.63. The molecule has 26 heavy (non-hydrogen) atoms. The highest BCUT2D eigenvalue weighted by Gasteiger charge is 2.19. The van der Waals surface area contributed by atoms with E-state index >= 15 is 0 Å². The van der Waals surface area contributed by atoms with Gasteiger partial charge in [-0.1, -0.05) is 24.6 Å². The Morgan fingerprint density at radius 1 is 1.12 bits per heavy atom. The van der Waals surface area contributed by atoms with Crippen molar-refractivity contribution in [1.29, 1.82) is 0 Å². The van der Waals surface area contributed by atoms with Crippen LogP contribution in [0.1, 0.15) is 18.9 Å². The summed E-state index contributed by atoms with van der Waals surface area (Å²) in [7, 11) is 0. The topological polar surface area (TPSA) is 50.8 Å². The highest BCUT2D eigenvalue weighted by Crippen LogP contribution is 2.20. The van der Waals surface area contributed by atoms with Crippen LogP contribution in [0, 0.1) is 6.92 Å². The monoisotopic (exact) mass is 354 g/mol. The van der Waals surface area contributed by atoms with Crippen LogP contribution in [-0.4, -0.2) is 38.3 Å². The van der Waals surface area contributed by atoms with E-state index in [1.54, 1.807) is 0 Å². The first-order valence-electron chi connectivity index (χ1n) is 9.12. The van der Waals surface area contributed by atoms with Crippen LogP contribution < -0.4 is 15.0 Å². The molecule has 1 atom stereocenters. The Balaban J connectivity index is 1.59. The molecule has 0 saturated carbocycles. The second kappa shape index (κ2) is 8.72. The van der Waals surface area contributed by atoms with Gasteiger partial charge in [0.05, 0.1) is 13.2 Å². The summed E-state index contributed by atoms with van der Waals surface area (Å²) in [6, 6.07) is 15.7. The van der Waals surface area contributed by atoms with Gasteiger partial charge in [-0.3, -0.25) is 4.79 Å². The van der Waals surface area contributed by atoms with Crippen LogP contribution >= 0.6 is 0 Å². The number of hydrogen-bond acceptors (Lipinski definition) is 4. The van der Waals surface area contributed by atoms with Crippen LogP contribution in [-0.2, 0) is 9.53 Å². The quantitative estimate of drug-likeness (QED) is 0.861. The number of amides is 1. The van der Waals surface area contributed by atoms with Crippen LogP contribution in [0.3, 0.4) is 0 Å². The van der Waals surface area contributed by atoms with Crippen molar-refractivity contribution in [3.8, 4) is 5.75 Å². The molecule has 0 bridgehead atoms.